The largest absolute Gasteiger partial charge is 0.456 e. The monoisotopic (exact) mass is 404 g/mol. The van der Waals surface area contributed by atoms with E-state index in [2.05, 4.69) is 0 Å². The summed E-state index contributed by atoms with van der Waals surface area (Å²) in [6, 6.07) is 23.2. The van der Waals surface area contributed by atoms with Crippen LogP contribution in [-0.2, 0) is 4.74 Å². The molecule has 8 heteroatoms. The van der Waals surface area contributed by atoms with Crippen LogP contribution in [0.1, 0.15) is 17.5 Å². The average molecular weight is 405 g/mol. The van der Waals surface area contributed by atoms with Gasteiger partial charge in [0.25, 0.3) is 0 Å². The molecule has 146 valence electrons. The standard InChI is InChI=1S/C20H17O3.ClHO4/c1-2-22-20(21)19-14-17(15-9-5-3-6-10-15)13-18(23-19)16-11-7-4-8-12-16;2-1(3,4)5/h3-14H,2H2,1H3;(H,2,3,4,5)/q+1;/p-1. The summed E-state index contributed by atoms with van der Waals surface area (Å²) in [6.07, 6.45) is 0. The molecule has 3 aromatic rings. The lowest BCUT2D eigenvalue weighted by Gasteiger charge is -2.17. The van der Waals surface area contributed by atoms with Gasteiger partial charge in [-0.15, -0.1) is 10.2 Å². The summed E-state index contributed by atoms with van der Waals surface area (Å²) < 4.78 is 44.8. The van der Waals surface area contributed by atoms with E-state index in [0.717, 1.165) is 16.7 Å². The normalized spacial score (nSPS) is 10.6. The molecule has 7 nitrogen and oxygen atoms in total. The Bertz CT molecular complexity index is 830. The number of benzene rings is 2. The van der Waals surface area contributed by atoms with Gasteiger partial charge in [0, 0.05) is 5.56 Å². The lowest BCUT2D eigenvalue weighted by molar-refractivity contribution is -2.00. The third-order valence-electron chi connectivity index (χ3n) is 3.44. The molecule has 0 unspecified atom stereocenters. The molecular formula is C20H17ClO7. The molecule has 28 heavy (non-hydrogen) atoms. The summed E-state index contributed by atoms with van der Waals surface area (Å²) in [5, 5.41) is 0. The number of carbonyl (C=O) groups excluding carboxylic acids is 1. The van der Waals surface area contributed by atoms with E-state index in [0.29, 0.717) is 12.4 Å². The van der Waals surface area contributed by atoms with Gasteiger partial charge in [-0.25, -0.2) is 23.4 Å². The fourth-order valence-corrected chi connectivity index (χ4v) is 2.35. The lowest BCUT2D eigenvalue weighted by Crippen LogP contribution is -2.68. The Labute approximate surface area is 163 Å². The van der Waals surface area contributed by atoms with Gasteiger partial charge in [-0.05, 0) is 24.6 Å². The minimum Gasteiger partial charge on any atom is -0.456 e. The zero-order valence-corrected chi connectivity index (χ0v) is 15.6. The van der Waals surface area contributed by atoms with Crippen molar-refractivity contribution in [3.63, 3.8) is 0 Å². The van der Waals surface area contributed by atoms with Gasteiger partial charge in [0.05, 0.1) is 24.3 Å². The van der Waals surface area contributed by atoms with Gasteiger partial charge < -0.3 is 4.74 Å². The van der Waals surface area contributed by atoms with Crippen LogP contribution in [0, 0.1) is 10.2 Å². The van der Waals surface area contributed by atoms with E-state index in [1.807, 2.05) is 66.7 Å². The van der Waals surface area contributed by atoms with Crippen LogP contribution in [0.2, 0.25) is 0 Å². The Morgan fingerprint density at radius 2 is 1.36 bits per heavy atom. The molecule has 0 aliphatic rings. The van der Waals surface area contributed by atoms with Crippen LogP contribution in [-0.4, -0.2) is 12.6 Å². The lowest BCUT2D eigenvalue weighted by atomic mass is 10.0. The van der Waals surface area contributed by atoms with Gasteiger partial charge in [-0.2, -0.15) is 4.42 Å². The van der Waals surface area contributed by atoms with E-state index < -0.39 is 16.2 Å². The van der Waals surface area contributed by atoms with Gasteiger partial charge in [-0.1, -0.05) is 48.5 Å². The highest BCUT2D eigenvalue weighted by Crippen LogP contribution is 2.28. The minimum absolute atomic E-state index is 0.201. The molecule has 0 bridgehead atoms. The highest BCUT2D eigenvalue weighted by atomic mass is 35.7. The van der Waals surface area contributed by atoms with E-state index >= 15 is 0 Å². The van der Waals surface area contributed by atoms with Gasteiger partial charge in [-0.3, -0.25) is 0 Å². The van der Waals surface area contributed by atoms with Crippen molar-refractivity contribution in [2.24, 2.45) is 0 Å². The smallest absolute Gasteiger partial charge is 0.438 e. The van der Waals surface area contributed by atoms with Crippen LogP contribution in [0.4, 0.5) is 0 Å². The summed E-state index contributed by atoms with van der Waals surface area (Å²) >= 11 is 0. The molecule has 0 atom stereocenters. The molecule has 2 aromatic carbocycles. The second-order valence-electron chi connectivity index (χ2n) is 5.41. The van der Waals surface area contributed by atoms with E-state index in [4.69, 9.17) is 27.8 Å². The van der Waals surface area contributed by atoms with Crippen molar-refractivity contribution >= 4 is 5.97 Å². The number of hydrogen-bond donors (Lipinski definition) is 0. The second kappa shape index (κ2) is 9.93. The highest BCUT2D eigenvalue weighted by Gasteiger charge is 2.26. The van der Waals surface area contributed by atoms with Crippen molar-refractivity contribution in [2.45, 2.75) is 6.92 Å². The SMILES string of the molecule is CCOC(=O)c1cc(-c2ccccc2)cc(-c2ccccc2)[o+]1.[O-][Cl+3]([O-])([O-])[O-]. The van der Waals surface area contributed by atoms with Gasteiger partial charge in [0.2, 0.25) is 0 Å². The van der Waals surface area contributed by atoms with Crippen molar-refractivity contribution in [2.75, 3.05) is 6.61 Å². The zero-order valence-electron chi connectivity index (χ0n) is 14.9. The number of halogens is 1. The molecular weight excluding hydrogens is 388 g/mol. The number of esters is 1. The quantitative estimate of drug-likeness (QED) is 0.452. The summed E-state index contributed by atoms with van der Waals surface area (Å²) in [4.78, 5) is 12.1. The first kappa shape index (κ1) is 21.5. The van der Waals surface area contributed by atoms with Crippen LogP contribution >= 0.6 is 0 Å². The number of rotatable bonds is 4. The molecule has 0 spiro atoms. The Balaban J connectivity index is 0.000000500. The predicted molar refractivity (Wildman–Crippen MR) is 89.9 cm³/mol. The average Bonchev–Trinajstić information content (AvgIpc) is 2.68. The van der Waals surface area contributed by atoms with Crippen molar-refractivity contribution < 1.29 is 42.8 Å². The molecule has 1 aromatic heterocycles. The maximum atomic E-state index is 12.1. The maximum absolute atomic E-state index is 12.1. The highest BCUT2D eigenvalue weighted by molar-refractivity contribution is 5.88. The summed E-state index contributed by atoms with van der Waals surface area (Å²) in [5.41, 5.74) is 2.85. The fraction of sp³-hybridized carbons (Fsp3) is 0.100. The molecule has 0 aliphatic carbocycles. The van der Waals surface area contributed by atoms with Gasteiger partial charge >= 0.3 is 17.5 Å². The van der Waals surface area contributed by atoms with E-state index in [9.17, 15) is 4.79 Å². The molecule has 0 amide bonds. The number of ether oxygens (including phenoxy) is 1. The van der Waals surface area contributed by atoms with Crippen molar-refractivity contribution in [1.82, 2.24) is 0 Å². The molecule has 0 saturated carbocycles. The minimum atomic E-state index is -4.94. The molecule has 0 aliphatic heterocycles. The number of hydrogen-bond acceptors (Lipinski definition) is 6. The topological polar surface area (TPSA) is 130 Å². The van der Waals surface area contributed by atoms with Crippen molar-refractivity contribution in [1.29, 1.82) is 0 Å². The molecule has 0 radical (unpaired) electrons. The number of carbonyl (C=O) groups is 1. The van der Waals surface area contributed by atoms with Crippen molar-refractivity contribution in [3.05, 3.63) is 78.6 Å². The Morgan fingerprint density at radius 1 is 0.857 bits per heavy atom. The molecule has 0 saturated heterocycles. The first-order valence-electron chi connectivity index (χ1n) is 8.16. The van der Waals surface area contributed by atoms with E-state index in [1.165, 1.54) is 0 Å². The molecule has 3 rings (SSSR count). The van der Waals surface area contributed by atoms with Crippen LogP contribution in [0.25, 0.3) is 22.5 Å². The fourth-order valence-electron chi connectivity index (χ4n) is 2.35. The van der Waals surface area contributed by atoms with Crippen LogP contribution in [0.15, 0.2) is 77.2 Å². The molecule has 1 heterocycles. The van der Waals surface area contributed by atoms with Crippen molar-refractivity contribution in [3.8, 4) is 22.5 Å². The van der Waals surface area contributed by atoms with Crippen LogP contribution in [0.3, 0.4) is 0 Å². The summed E-state index contributed by atoms with van der Waals surface area (Å²) in [5.74, 6) is 0.379. The first-order chi connectivity index (χ1) is 13.3. The van der Waals surface area contributed by atoms with Crippen LogP contribution < -0.4 is 18.6 Å². The zero-order chi connectivity index (χ0) is 20.6. The van der Waals surface area contributed by atoms with Gasteiger partial charge in [0.15, 0.2) is 0 Å². The Morgan fingerprint density at radius 3 is 1.86 bits per heavy atom. The summed E-state index contributed by atoms with van der Waals surface area (Å²) in [6.45, 7) is 2.08. The first-order valence-corrected chi connectivity index (χ1v) is 9.39. The maximum Gasteiger partial charge on any atom is 0.438 e. The third kappa shape index (κ3) is 7.07. The molecule has 0 N–H and O–H groups in total. The van der Waals surface area contributed by atoms with E-state index in [1.54, 1.807) is 13.0 Å². The second-order valence-corrected chi connectivity index (χ2v) is 6.16. The van der Waals surface area contributed by atoms with E-state index in [-0.39, 0.29) is 5.76 Å². The molecule has 0 fully saturated rings. The summed E-state index contributed by atoms with van der Waals surface area (Å²) in [7, 11) is -4.94. The van der Waals surface area contributed by atoms with Crippen LogP contribution in [0.5, 0.6) is 0 Å². The third-order valence-corrected chi connectivity index (χ3v) is 3.44. The predicted octanol–water partition coefficient (Wildman–Crippen LogP) is 0.315. The Hall–Kier alpha value is -2.81. The van der Waals surface area contributed by atoms with Gasteiger partial charge in [0.1, 0.15) is 0 Å². The Kier molecular flexibility index (Phi) is 7.62.